The lowest BCUT2D eigenvalue weighted by molar-refractivity contribution is -0.116. The summed E-state index contributed by atoms with van der Waals surface area (Å²) in [6.45, 7) is 1.95. The Morgan fingerprint density at radius 2 is 1.57 bits per heavy atom. The van der Waals surface area contributed by atoms with Crippen LogP contribution in [0.4, 0.5) is 19.3 Å². The summed E-state index contributed by atoms with van der Waals surface area (Å²) in [6, 6.07) is 12.2. The number of urea groups is 1. The van der Waals surface area contributed by atoms with Crippen LogP contribution >= 0.6 is 0 Å². The van der Waals surface area contributed by atoms with Gasteiger partial charge >= 0.3 is 6.03 Å². The molecule has 28 heavy (non-hydrogen) atoms. The van der Waals surface area contributed by atoms with Crippen LogP contribution in [0.5, 0.6) is 0 Å². The third-order valence-corrected chi connectivity index (χ3v) is 5.33. The number of rotatable bonds is 4. The van der Waals surface area contributed by atoms with Gasteiger partial charge in [-0.05, 0) is 42.7 Å². The van der Waals surface area contributed by atoms with Gasteiger partial charge in [0.15, 0.2) is 0 Å². The maximum absolute atomic E-state index is 13.4. The van der Waals surface area contributed by atoms with Crippen LogP contribution in [0.2, 0.25) is 0 Å². The van der Waals surface area contributed by atoms with Gasteiger partial charge < -0.3 is 4.90 Å². The fraction of sp³-hybridized carbons (Fsp3) is 0.333. The lowest BCUT2D eigenvalue weighted by Crippen LogP contribution is -2.46. The summed E-state index contributed by atoms with van der Waals surface area (Å²) < 4.78 is 26.7. The molecule has 2 aliphatic heterocycles. The normalized spacial score (nSPS) is 18.9. The zero-order valence-electron chi connectivity index (χ0n) is 15.4. The molecular formula is C21H21F2N3O2. The average molecular weight is 385 g/mol. The molecule has 0 atom stereocenters. The van der Waals surface area contributed by atoms with Gasteiger partial charge in [0.1, 0.15) is 18.2 Å². The summed E-state index contributed by atoms with van der Waals surface area (Å²) in [5.41, 5.74) is 1.18. The Morgan fingerprint density at radius 3 is 2.21 bits per heavy atom. The number of imide groups is 1. The summed E-state index contributed by atoms with van der Waals surface area (Å²) >= 11 is 0. The second-order valence-corrected chi connectivity index (χ2v) is 7.26. The number of likely N-dealkylation sites (tertiary alicyclic amines) is 1. The number of amides is 3. The van der Waals surface area contributed by atoms with Gasteiger partial charge in [0.2, 0.25) is 0 Å². The van der Waals surface area contributed by atoms with Crippen LogP contribution in [-0.2, 0) is 11.3 Å². The van der Waals surface area contributed by atoms with Crippen molar-refractivity contribution in [3.8, 4) is 0 Å². The number of benzene rings is 2. The summed E-state index contributed by atoms with van der Waals surface area (Å²) in [5.74, 6) is -1.37. The molecular weight excluding hydrogens is 364 g/mol. The molecule has 4 rings (SSSR count). The number of carbonyl (C=O) groups excluding carboxylic acids is 2. The smallest absolute Gasteiger partial charge is 0.312 e. The maximum atomic E-state index is 13.4. The Labute approximate surface area is 162 Å². The lowest BCUT2D eigenvalue weighted by atomic mass is 10.0. The molecule has 146 valence electrons. The number of anilines is 1. The highest BCUT2D eigenvalue weighted by Crippen LogP contribution is 2.26. The van der Waals surface area contributed by atoms with E-state index in [1.807, 2.05) is 6.07 Å². The summed E-state index contributed by atoms with van der Waals surface area (Å²) in [4.78, 5) is 30.2. The van der Waals surface area contributed by atoms with Crippen molar-refractivity contribution in [1.82, 2.24) is 9.80 Å². The SMILES string of the molecule is O=C1CN(C2CCN(Cc3cc(F)cc(F)c3)CC2)C(=O)N1c1ccccc1. The van der Waals surface area contributed by atoms with Crippen LogP contribution < -0.4 is 4.90 Å². The Morgan fingerprint density at radius 1 is 0.929 bits per heavy atom. The number of piperidine rings is 1. The number of carbonyl (C=O) groups is 2. The minimum absolute atomic E-state index is 0.00865. The molecule has 0 unspecified atom stereocenters. The Kier molecular flexibility index (Phi) is 5.09. The molecule has 0 aliphatic carbocycles. The van der Waals surface area contributed by atoms with E-state index in [0.717, 1.165) is 18.9 Å². The minimum atomic E-state index is -0.577. The lowest BCUT2D eigenvalue weighted by Gasteiger charge is -2.36. The van der Waals surface area contributed by atoms with E-state index >= 15 is 0 Å². The quantitative estimate of drug-likeness (QED) is 0.758. The summed E-state index contributed by atoms with van der Waals surface area (Å²) in [6.07, 6.45) is 1.44. The van der Waals surface area contributed by atoms with E-state index in [0.29, 0.717) is 30.9 Å². The molecule has 0 N–H and O–H groups in total. The molecule has 0 saturated carbocycles. The Bertz CT molecular complexity index is 862. The maximum Gasteiger partial charge on any atom is 0.332 e. The first kappa shape index (κ1) is 18.6. The number of nitrogens with zero attached hydrogens (tertiary/aromatic N) is 3. The first-order valence-electron chi connectivity index (χ1n) is 9.37. The molecule has 7 heteroatoms. The molecule has 2 fully saturated rings. The highest BCUT2D eigenvalue weighted by Gasteiger charge is 2.41. The summed E-state index contributed by atoms with van der Waals surface area (Å²) in [5, 5.41) is 0. The van der Waals surface area contributed by atoms with E-state index in [1.165, 1.54) is 17.0 Å². The van der Waals surface area contributed by atoms with E-state index in [9.17, 15) is 18.4 Å². The molecule has 3 amide bonds. The third-order valence-electron chi connectivity index (χ3n) is 5.33. The van der Waals surface area contributed by atoms with E-state index in [-0.39, 0.29) is 24.5 Å². The van der Waals surface area contributed by atoms with Crippen molar-refractivity contribution in [2.24, 2.45) is 0 Å². The van der Waals surface area contributed by atoms with Gasteiger partial charge in [-0.15, -0.1) is 0 Å². The second-order valence-electron chi connectivity index (χ2n) is 7.26. The molecule has 2 aromatic rings. The van der Waals surface area contributed by atoms with E-state index < -0.39 is 11.6 Å². The number of halogens is 2. The first-order valence-corrected chi connectivity index (χ1v) is 9.37. The van der Waals surface area contributed by atoms with Crippen molar-refractivity contribution in [2.45, 2.75) is 25.4 Å². The van der Waals surface area contributed by atoms with Gasteiger partial charge in [-0.3, -0.25) is 9.69 Å². The van der Waals surface area contributed by atoms with Crippen molar-refractivity contribution in [3.05, 3.63) is 65.7 Å². The van der Waals surface area contributed by atoms with Crippen LogP contribution in [0, 0.1) is 11.6 Å². The standard InChI is InChI=1S/C21H21F2N3O2/c22-16-10-15(11-17(23)12-16)13-24-8-6-18(7-9-24)25-14-20(27)26(21(25)28)19-4-2-1-3-5-19/h1-5,10-12,18H,6-9,13-14H2. The molecule has 0 bridgehead atoms. The molecule has 2 aromatic carbocycles. The fourth-order valence-corrected chi connectivity index (χ4v) is 3.99. The summed E-state index contributed by atoms with van der Waals surface area (Å²) in [7, 11) is 0. The van der Waals surface area contributed by atoms with Crippen LogP contribution in [0.3, 0.4) is 0 Å². The number of hydrogen-bond donors (Lipinski definition) is 0. The highest BCUT2D eigenvalue weighted by molar-refractivity contribution is 6.19. The largest absolute Gasteiger partial charge is 0.332 e. The zero-order chi connectivity index (χ0) is 19.7. The molecule has 2 aliphatic rings. The predicted octanol–water partition coefficient (Wildman–Crippen LogP) is 3.40. The fourth-order valence-electron chi connectivity index (χ4n) is 3.99. The van der Waals surface area contributed by atoms with Crippen molar-refractivity contribution in [1.29, 1.82) is 0 Å². The van der Waals surface area contributed by atoms with E-state index in [2.05, 4.69) is 4.90 Å². The predicted molar refractivity (Wildman–Crippen MR) is 101 cm³/mol. The van der Waals surface area contributed by atoms with E-state index in [1.54, 1.807) is 29.2 Å². The van der Waals surface area contributed by atoms with Crippen LogP contribution in [0.25, 0.3) is 0 Å². The van der Waals surface area contributed by atoms with Crippen molar-refractivity contribution < 1.29 is 18.4 Å². The van der Waals surface area contributed by atoms with Gasteiger partial charge in [0.25, 0.3) is 5.91 Å². The van der Waals surface area contributed by atoms with Crippen molar-refractivity contribution >= 4 is 17.6 Å². The molecule has 0 radical (unpaired) electrons. The monoisotopic (exact) mass is 385 g/mol. The van der Waals surface area contributed by atoms with Gasteiger partial charge in [0, 0.05) is 31.7 Å². The second kappa shape index (κ2) is 7.67. The number of hydrogen-bond acceptors (Lipinski definition) is 3. The molecule has 2 saturated heterocycles. The van der Waals surface area contributed by atoms with Crippen LogP contribution in [0.1, 0.15) is 18.4 Å². The molecule has 2 heterocycles. The zero-order valence-corrected chi connectivity index (χ0v) is 15.4. The minimum Gasteiger partial charge on any atom is -0.312 e. The average Bonchev–Trinajstić information content (AvgIpc) is 2.96. The number of para-hydroxylation sites is 1. The van der Waals surface area contributed by atoms with Crippen LogP contribution in [-0.4, -0.2) is 47.4 Å². The highest BCUT2D eigenvalue weighted by atomic mass is 19.1. The van der Waals surface area contributed by atoms with Gasteiger partial charge in [-0.25, -0.2) is 18.5 Å². The van der Waals surface area contributed by atoms with Gasteiger partial charge in [0.05, 0.1) is 5.69 Å². The van der Waals surface area contributed by atoms with E-state index in [4.69, 9.17) is 0 Å². The first-order chi connectivity index (χ1) is 13.5. The molecule has 0 aromatic heterocycles. The van der Waals surface area contributed by atoms with Gasteiger partial charge in [-0.1, -0.05) is 18.2 Å². The van der Waals surface area contributed by atoms with Crippen molar-refractivity contribution in [3.63, 3.8) is 0 Å². The van der Waals surface area contributed by atoms with Crippen LogP contribution in [0.15, 0.2) is 48.5 Å². The topological polar surface area (TPSA) is 43.9 Å². The molecule has 5 nitrogen and oxygen atoms in total. The van der Waals surface area contributed by atoms with Crippen molar-refractivity contribution in [2.75, 3.05) is 24.5 Å². The Hall–Kier alpha value is -2.80. The molecule has 0 spiro atoms. The third kappa shape index (κ3) is 3.75. The Balaban J connectivity index is 1.37. The van der Waals surface area contributed by atoms with Gasteiger partial charge in [-0.2, -0.15) is 0 Å².